The van der Waals surface area contributed by atoms with Crippen LogP contribution >= 0.6 is 0 Å². The fraction of sp³-hybridized carbons (Fsp3) is 0.333. The van der Waals surface area contributed by atoms with Gasteiger partial charge in [0, 0.05) is 13.0 Å². The lowest BCUT2D eigenvalue weighted by atomic mass is 10.1. The molecule has 0 spiro atoms. The van der Waals surface area contributed by atoms with E-state index >= 15 is 0 Å². The van der Waals surface area contributed by atoms with Crippen molar-refractivity contribution in [1.29, 1.82) is 0 Å². The molecular weight excluding hydrogens is 234 g/mol. The van der Waals surface area contributed by atoms with Crippen molar-refractivity contribution in [2.75, 3.05) is 13.2 Å². The fourth-order valence-corrected chi connectivity index (χ4v) is 1.46. The van der Waals surface area contributed by atoms with Gasteiger partial charge in [-0.3, -0.25) is 9.59 Å². The Labute approximate surface area is 105 Å². The summed E-state index contributed by atoms with van der Waals surface area (Å²) >= 11 is 0. The Balaban J connectivity index is 2.61. The number of hydrogen-bond acceptors (Lipinski definition) is 4. The van der Waals surface area contributed by atoms with Gasteiger partial charge in [0.2, 0.25) is 12.3 Å². The van der Waals surface area contributed by atoms with Crippen LogP contribution in [-0.2, 0) is 16.0 Å². The molecule has 0 radical (unpaired) electrons. The Morgan fingerprint density at radius 1 is 1.39 bits per heavy atom. The van der Waals surface area contributed by atoms with Crippen LogP contribution < -0.4 is 21.5 Å². The number of nitrogens with two attached hydrogens (primary N) is 2. The summed E-state index contributed by atoms with van der Waals surface area (Å²) in [6.45, 7) is 0.907. The molecule has 1 rings (SSSR count). The van der Waals surface area contributed by atoms with Crippen molar-refractivity contribution in [3.63, 3.8) is 0 Å². The molecule has 0 saturated heterocycles. The van der Waals surface area contributed by atoms with Crippen molar-refractivity contribution in [2.24, 2.45) is 11.5 Å². The van der Waals surface area contributed by atoms with Crippen LogP contribution in [-0.4, -0.2) is 31.5 Å². The molecule has 2 amide bonds. The third-order valence-corrected chi connectivity index (χ3v) is 2.36. The van der Waals surface area contributed by atoms with E-state index in [1.807, 2.05) is 12.1 Å². The molecule has 6 heteroatoms. The van der Waals surface area contributed by atoms with E-state index < -0.39 is 11.9 Å². The first kappa shape index (κ1) is 14.0. The van der Waals surface area contributed by atoms with Gasteiger partial charge in [-0.25, -0.2) is 0 Å². The number of ether oxygens (including phenoxy) is 1. The Morgan fingerprint density at radius 2 is 2.06 bits per heavy atom. The van der Waals surface area contributed by atoms with Gasteiger partial charge in [-0.15, -0.1) is 0 Å². The van der Waals surface area contributed by atoms with Gasteiger partial charge >= 0.3 is 0 Å². The number of primary amides is 1. The van der Waals surface area contributed by atoms with Crippen molar-refractivity contribution in [3.8, 4) is 5.75 Å². The maximum absolute atomic E-state index is 11.1. The van der Waals surface area contributed by atoms with E-state index in [0.717, 1.165) is 5.56 Å². The molecule has 0 aromatic heterocycles. The molecule has 0 aliphatic carbocycles. The zero-order valence-corrected chi connectivity index (χ0v) is 9.96. The molecular formula is C12H17N3O3. The minimum atomic E-state index is -0.696. The average molecular weight is 251 g/mol. The highest BCUT2D eigenvalue weighted by Gasteiger charge is 2.14. The summed E-state index contributed by atoms with van der Waals surface area (Å²) in [5.74, 6) is 0.147. The lowest BCUT2D eigenvalue weighted by Crippen LogP contribution is -2.42. The van der Waals surface area contributed by atoms with Crippen LogP contribution in [0, 0.1) is 0 Å². The third kappa shape index (κ3) is 4.42. The van der Waals surface area contributed by atoms with Crippen molar-refractivity contribution in [1.82, 2.24) is 5.32 Å². The van der Waals surface area contributed by atoms with Gasteiger partial charge in [0.25, 0.3) is 0 Å². The molecule has 6 nitrogen and oxygen atoms in total. The summed E-state index contributed by atoms with van der Waals surface area (Å²) in [6.07, 6.45) is 0.819. The van der Waals surface area contributed by atoms with Crippen LogP contribution in [0.4, 0.5) is 0 Å². The minimum Gasteiger partial charge on any atom is -0.492 e. The number of carbonyl (C=O) groups is 2. The summed E-state index contributed by atoms with van der Waals surface area (Å²) in [7, 11) is 0. The average Bonchev–Trinajstić information content (AvgIpc) is 2.37. The molecule has 0 aliphatic heterocycles. The lowest BCUT2D eigenvalue weighted by molar-refractivity contribution is -0.122. The quantitative estimate of drug-likeness (QED) is 0.524. The number of rotatable bonds is 8. The monoisotopic (exact) mass is 251 g/mol. The second-order valence-electron chi connectivity index (χ2n) is 3.72. The van der Waals surface area contributed by atoms with Crippen LogP contribution in [0.2, 0.25) is 0 Å². The second-order valence-corrected chi connectivity index (χ2v) is 3.72. The maximum atomic E-state index is 11.1. The normalized spacial score (nSPS) is 11.6. The largest absolute Gasteiger partial charge is 0.492 e. The topological polar surface area (TPSA) is 107 Å². The molecule has 0 saturated carbocycles. The molecule has 5 N–H and O–H groups in total. The molecule has 1 aromatic rings. The van der Waals surface area contributed by atoms with E-state index in [4.69, 9.17) is 16.2 Å². The maximum Gasteiger partial charge on any atom is 0.240 e. The number of hydrogen-bond donors (Lipinski definition) is 3. The van der Waals surface area contributed by atoms with Crippen molar-refractivity contribution in [2.45, 2.75) is 12.5 Å². The Kier molecular flexibility index (Phi) is 5.66. The Morgan fingerprint density at radius 3 is 2.56 bits per heavy atom. The molecule has 0 unspecified atom stereocenters. The number of carbonyl (C=O) groups excluding carboxylic acids is 2. The van der Waals surface area contributed by atoms with Crippen LogP contribution in [0.15, 0.2) is 24.3 Å². The predicted molar refractivity (Wildman–Crippen MR) is 66.9 cm³/mol. The van der Waals surface area contributed by atoms with Gasteiger partial charge in [0.1, 0.15) is 18.4 Å². The van der Waals surface area contributed by atoms with Crippen molar-refractivity contribution in [3.05, 3.63) is 29.8 Å². The number of nitrogens with one attached hydrogen (secondary N) is 1. The lowest BCUT2D eigenvalue weighted by Gasteiger charge is -2.12. The van der Waals surface area contributed by atoms with Gasteiger partial charge in [-0.1, -0.05) is 12.1 Å². The molecule has 0 bridgehead atoms. The Hall–Kier alpha value is -2.08. The van der Waals surface area contributed by atoms with E-state index in [1.54, 1.807) is 12.1 Å². The molecule has 1 atom stereocenters. The first-order valence-corrected chi connectivity index (χ1v) is 5.58. The highest BCUT2D eigenvalue weighted by Crippen LogP contribution is 2.13. The van der Waals surface area contributed by atoms with Gasteiger partial charge in [0.05, 0.1) is 0 Å². The summed E-state index contributed by atoms with van der Waals surface area (Å²) in [5, 5.41) is 2.38. The van der Waals surface area contributed by atoms with Gasteiger partial charge in [0.15, 0.2) is 0 Å². The summed E-state index contributed by atoms with van der Waals surface area (Å²) in [6, 6.07) is 6.49. The van der Waals surface area contributed by atoms with E-state index in [1.165, 1.54) is 0 Å². The smallest absolute Gasteiger partial charge is 0.240 e. The minimum absolute atomic E-state index is 0.352. The predicted octanol–water partition coefficient (Wildman–Crippen LogP) is -0.833. The zero-order chi connectivity index (χ0) is 13.4. The Bertz CT molecular complexity index is 392. The van der Waals surface area contributed by atoms with Crippen molar-refractivity contribution >= 4 is 12.3 Å². The SMILES string of the molecule is NCCOc1ccc(C[C@H](NC=O)C(N)=O)cc1. The van der Waals surface area contributed by atoms with Gasteiger partial charge in [-0.2, -0.15) is 0 Å². The van der Waals surface area contributed by atoms with E-state index in [0.29, 0.717) is 31.7 Å². The van der Waals surface area contributed by atoms with Crippen LogP contribution in [0.1, 0.15) is 5.56 Å². The highest BCUT2D eigenvalue weighted by molar-refractivity contribution is 5.82. The first-order chi connectivity index (χ1) is 8.67. The molecule has 0 fully saturated rings. The summed E-state index contributed by atoms with van der Waals surface area (Å²) in [5.41, 5.74) is 11.4. The van der Waals surface area contributed by atoms with E-state index in [-0.39, 0.29) is 0 Å². The summed E-state index contributed by atoms with van der Waals surface area (Å²) in [4.78, 5) is 21.4. The number of amides is 2. The van der Waals surface area contributed by atoms with Crippen molar-refractivity contribution < 1.29 is 14.3 Å². The fourth-order valence-electron chi connectivity index (χ4n) is 1.46. The van der Waals surface area contributed by atoms with E-state index in [2.05, 4.69) is 5.32 Å². The molecule has 18 heavy (non-hydrogen) atoms. The third-order valence-electron chi connectivity index (χ3n) is 2.36. The molecule has 98 valence electrons. The van der Waals surface area contributed by atoms with Gasteiger partial charge in [-0.05, 0) is 17.7 Å². The second kappa shape index (κ2) is 7.29. The zero-order valence-electron chi connectivity index (χ0n) is 9.96. The van der Waals surface area contributed by atoms with Crippen LogP contribution in [0.25, 0.3) is 0 Å². The molecule has 0 heterocycles. The first-order valence-electron chi connectivity index (χ1n) is 5.58. The van der Waals surface area contributed by atoms with Crippen LogP contribution in [0.3, 0.4) is 0 Å². The molecule has 1 aromatic carbocycles. The standard InChI is InChI=1S/C12H17N3O3/c13-5-6-18-10-3-1-9(2-4-10)7-11(12(14)17)15-8-16/h1-4,8,11H,5-7,13H2,(H2,14,17)(H,15,16)/t11-/m0/s1. The van der Waals surface area contributed by atoms with Crippen LogP contribution in [0.5, 0.6) is 5.75 Å². The number of benzene rings is 1. The summed E-state index contributed by atoms with van der Waals surface area (Å²) < 4.78 is 5.32. The molecule has 0 aliphatic rings. The highest BCUT2D eigenvalue weighted by atomic mass is 16.5. The van der Waals surface area contributed by atoms with Gasteiger partial charge < -0.3 is 21.5 Å². The van der Waals surface area contributed by atoms with E-state index in [9.17, 15) is 9.59 Å².